The average molecular weight is 264 g/mol. The summed E-state index contributed by atoms with van der Waals surface area (Å²) in [6.45, 7) is 6.93. The maximum Gasteiger partial charge on any atom is 0.121 e. The number of hydrogen-bond acceptors (Lipinski definition) is 4. The highest BCUT2D eigenvalue weighted by atomic mass is 16.5. The SMILES string of the molecule is COc1ccc(C(O)CN2CCN(C)CC2)cc1C. The molecule has 1 atom stereocenters. The molecule has 1 saturated heterocycles. The van der Waals surface area contributed by atoms with Gasteiger partial charge in [0, 0.05) is 32.7 Å². The third-order valence-electron chi connectivity index (χ3n) is 3.83. The van der Waals surface area contributed by atoms with E-state index >= 15 is 0 Å². The van der Waals surface area contributed by atoms with Gasteiger partial charge in [0.25, 0.3) is 0 Å². The van der Waals surface area contributed by atoms with Crippen molar-refractivity contribution in [1.29, 1.82) is 0 Å². The lowest BCUT2D eigenvalue weighted by Crippen LogP contribution is -2.45. The molecule has 0 spiro atoms. The minimum absolute atomic E-state index is 0.423. The lowest BCUT2D eigenvalue weighted by Gasteiger charge is -2.33. The minimum atomic E-state index is -0.423. The minimum Gasteiger partial charge on any atom is -0.496 e. The van der Waals surface area contributed by atoms with Gasteiger partial charge >= 0.3 is 0 Å². The highest BCUT2D eigenvalue weighted by Crippen LogP contribution is 2.23. The van der Waals surface area contributed by atoms with E-state index in [0.717, 1.165) is 43.1 Å². The molecule has 1 aliphatic rings. The molecule has 1 aromatic carbocycles. The predicted octanol–water partition coefficient (Wildman–Crippen LogP) is 1.28. The fourth-order valence-electron chi connectivity index (χ4n) is 2.49. The normalized spacial score (nSPS) is 19.4. The van der Waals surface area contributed by atoms with Crippen molar-refractivity contribution in [3.8, 4) is 5.75 Å². The van der Waals surface area contributed by atoms with Gasteiger partial charge in [-0.2, -0.15) is 0 Å². The molecule has 0 amide bonds. The van der Waals surface area contributed by atoms with Crippen LogP contribution in [0, 0.1) is 6.92 Å². The molecule has 106 valence electrons. The van der Waals surface area contributed by atoms with Gasteiger partial charge in [0.05, 0.1) is 13.2 Å². The molecule has 2 rings (SSSR count). The quantitative estimate of drug-likeness (QED) is 0.889. The largest absolute Gasteiger partial charge is 0.496 e. The molecule has 1 aromatic rings. The molecule has 0 saturated carbocycles. The summed E-state index contributed by atoms with van der Waals surface area (Å²) in [6.07, 6.45) is -0.423. The summed E-state index contributed by atoms with van der Waals surface area (Å²) < 4.78 is 5.24. The number of aliphatic hydroxyl groups is 1. The van der Waals surface area contributed by atoms with Gasteiger partial charge in [0.15, 0.2) is 0 Å². The zero-order chi connectivity index (χ0) is 13.8. The number of piperazine rings is 1. The van der Waals surface area contributed by atoms with E-state index in [1.165, 1.54) is 0 Å². The Bertz CT molecular complexity index is 415. The summed E-state index contributed by atoms with van der Waals surface area (Å²) in [5.74, 6) is 0.871. The van der Waals surface area contributed by atoms with Gasteiger partial charge in [-0.1, -0.05) is 6.07 Å². The first-order chi connectivity index (χ1) is 9.10. The number of likely N-dealkylation sites (N-methyl/N-ethyl adjacent to an activating group) is 1. The monoisotopic (exact) mass is 264 g/mol. The van der Waals surface area contributed by atoms with Gasteiger partial charge < -0.3 is 14.7 Å². The first kappa shape index (κ1) is 14.3. The standard InChI is InChI=1S/C15H24N2O2/c1-12-10-13(4-5-15(12)19-3)14(18)11-17-8-6-16(2)7-9-17/h4-5,10,14,18H,6-9,11H2,1-3H3. The van der Waals surface area contributed by atoms with Gasteiger partial charge in [0.1, 0.15) is 5.75 Å². The summed E-state index contributed by atoms with van der Waals surface area (Å²) in [5.41, 5.74) is 2.04. The van der Waals surface area contributed by atoms with Crippen LogP contribution in [0.3, 0.4) is 0 Å². The van der Waals surface area contributed by atoms with Gasteiger partial charge in [-0.05, 0) is 37.2 Å². The molecule has 1 N–H and O–H groups in total. The predicted molar refractivity (Wildman–Crippen MR) is 76.6 cm³/mol. The lowest BCUT2D eigenvalue weighted by atomic mass is 10.1. The van der Waals surface area contributed by atoms with E-state index in [2.05, 4.69) is 16.8 Å². The van der Waals surface area contributed by atoms with Crippen LogP contribution < -0.4 is 4.74 Å². The van der Waals surface area contributed by atoms with Crippen molar-refractivity contribution in [2.75, 3.05) is 46.9 Å². The van der Waals surface area contributed by atoms with Crippen LogP contribution in [-0.2, 0) is 0 Å². The molecule has 1 fully saturated rings. The highest BCUT2D eigenvalue weighted by molar-refractivity contribution is 5.37. The smallest absolute Gasteiger partial charge is 0.121 e. The summed E-state index contributed by atoms with van der Waals surface area (Å²) in [7, 11) is 3.81. The maximum absolute atomic E-state index is 10.3. The van der Waals surface area contributed by atoms with Crippen LogP contribution in [0.5, 0.6) is 5.75 Å². The second-order valence-electron chi connectivity index (χ2n) is 5.35. The fraction of sp³-hybridized carbons (Fsp3) is 0.600. The van der Waals surface area contributed by atoms with Gasteiger partial charge in [-0.15, -0.1) is 0 Å². The Kier molecular flexibility index (Phi) is 4.80. The molecule has 0 aromatic heterocycles. The maximum atomic E-state index is 10.3. The number of aryl methyl sites for hydroxylation is 1. The first-order valence-electron chi connectivity index (χ1n) is 6.83. The van der Waals surface area contributed by atoms with Crippen molar-refractivity contribution in [2.45, 2.75) is 13.0 Å². The molecular formula is C15H24N2O2. The van der Waals surface area contributed by atoms with Crippen LogP contribution in [0.25, 0.3) is 0 Å². The fourth-order valence-corrected chi connectivity index (χ4v) is 2.49. The number of benzene rings is 1. The molecule has 0 radical (unpaired) electrons. The molecule has 1 aliphatic heterocycles. The van der Waals surface area contributed by atoms with E-state index in [4.69, 9.17) is 4.74 Å². The van der Waals surface area contributed by atoms with Crippen LogP contribution in [0.4, 0.5) is 0 Å². The van der Waals surface area contributed by atoms with Crippen LogP contribution in [0.2, 0.25) is 0 Å². The summed E-state index contributed by atoms with van der Waals surface area (Å²) in [6, 6.07) is 5.89. The zero-order valence-electron chi connectivity index (χ0n) is 12.1. The number of hydrogen-bond donors (Lipinski definition) is 1. The Balaban J connectivity index is 1.96. The number of ether oxygens (including phenoxy) is 1. The van der Waals surface area contributed by atoms with E-state index in [0.29, 0.717) is 6.54 Å². The van der Waals surface area contributed by atoms with Gasteiger partial charge in [0.2, 0.25) is 0 Å². The molecule has 4 heteroatoms. The van der Waals surface area contributed by atoms with Crippen LogP contribution in [0.1, 0.15) is 17.2 Å². The summed E-state index contributed by atoms with van der Waals surface area (Å²) >= 11 is 0. The van der Waals surface area contributed by atoms with Crippen molar-refractivity contribution >= 4 is 0 Å². The Labute approximate surface area is 115 Å². The Morgan fingerprint density at radius 1 is 1.26 bits per heavy atom. The van der Waals surface area contributed by atoms with Crippen molar-refractivity contribution in [1.82, 2.24) is 9.80 Å². The number of β-amino-alcohol motifs (C(OH)–C–C–N with tert-alkyl or cyclic N) is 1. The summed E-state index contributed by atoms with van der Waals surface area (Å²) in [4.78, 5) is 4.64. The zero-order valence-corrected chi connectivity index (χ0v) is 12.1. The highest BCUT2D eigenvalue weighted by Gasteiger charge is 2.18. The Morgan fingerprint density at radius 2 is 1.95 bits per heavy atom. The Morgan fingerprint density at radius 3 is 2.53 bits per heavy atom. The van der Waals surface area contributed by atoms with E-state index in [-0.39, 0.29) is 0 Å². The average Bonchev–Trinajstić information content (AvgIpc) is 2.41. The molecule has 1 heterocycles. The van der Waals surface area contributed by atoms with Gasteiger partial charge in [-0.25, -0.2) is 0 Å². The number of nitrogens with zero attached hydrogens (tertiary/aromatic N) is 2. The van der Waals surface area contributed by atoms with Crippen LogP contribution >= 0.6 is 0 Å². The molecular weight excluding hydrogens is 240 g/mol. The third-order valence-corrected chi connectivity index (χ3v) is 3.83. The van der Waals surface area contributed by atoms with Crippen molar-refractivity contribution in [3.05, 3.63) is 29.3 Å². The number of methoxy groups -OCH3 is 1. The molecule has 0 aliphatic carbocycles. The summed E-state index contributed by atoms with van der Waals surface area (Å²) in [5, 5.41) is 10.3. The second kappa shape index (κ2) is 6.37. The molecule has 19 heavy (non-hydrogen) atoms. The van der Waals surface area contributed by atoms with Crippen LogP contribution in [-0.4, -0.2) is 61.8 Å². The van der Waals surface area contributed by atoms with Crippen molar-refractivity contribution in [3.63, 3.8) is 0 Å². The number of aliphatic hydroxyl groups excluding tert-OH is 1. The molecule has 1 unspecified atom stereocenters. The molecule has 4 nitrogen and oxygen atoms in total. The topological polar surface area (TPSA) is 35.9 Å². The first-order valence-corrected chi connectivity index (χ1v) is 6.83. The van der Waals surface area contributed by atoms with E-state index in [1.54, 1.807) is 7.11 Å². The van der Waals surface area contributed by atoms with Crippen molar-refractivity contribution in [2.24, 2.45) is 0 Å². The Hall–Kier alpha value is -1.10. The van der Waals surface area contributed by atoms with Crippen molar-refractivity contribution < 1.29 is 9.84 Å². The number of rotatable bonds is 4. The third kappa shape index (κ3) is 3.69. The lowest BCUT2D eigenvalue weighted by molar-refractivity contribution is 0.0804. The van der Waals surface area contributed by atoms with Crippen LogP contribution in [0.15, 0.2) is 18.2 Å². The van der Waals surface area contributed by atoms with E-state index < -0.39 is 6.10 Å². The second-order valence-corrected chi connectivity index (χ2v) is 5.35. The van der Waals surface area contributed by atoms with Gasteiger partial charge in [-0.3, -0.25) is 4.90 Å². The van der Waals surface area contributed by atoms with E-state index in [9.17, 15) is 5.11 Å². The van der Waals surface area contributed by atoms with E-state index in [1.807, 2.05) is 25.1 Å². The molecule has 0 bridgehead atoms.